The maximum Gasteiger partial charge on any atom is 0.320 e. The van der Waals surface area contributed by atoms with Crippen molar-refractivity contribution in [2.45, 2.75) is 98.9 Å². The summed E-state index contributed by atoms with van der Waals surface area (Å²) in [6, 6.07) is 7.68. The van der Waals surface area contributed by atoms with Crippen LogP contribution in [0.5, 0.6) is 0 Å². The Morgan fingerprint density at radius 1 is 1.05 bits per heavy atom. The van der Waals surface area contributed by atoms with Gasteiger partial charge in [-0.2, -0.15) is 8.42 Å². The van der Waals surface area contributed by atoms with E-state index in [4.69, 9.17) is 8.92 Å². The fraction of sp³-hybridized carbons (Fsp3) is 0.767. The SMILES string of the molecule is Cc1ccc(C23CC4CC(CC(C4)C2)C3)cc1[S+]1CCCC1.O=C(CS(=O)(=O)[O-])OC1C2CC3C1OS(=O)(=O)C3C2. The van der Waals surface area contributed by atoms with E-state index < -0.39 is 49.4 Å². The summed E-state index contributed by atoms with van der Waals surface area (Å²) < 4.78 is 64.5. The lowest BCUT2D eigenvalue weighted by Crippen LogP contribution is -2.48. The molecule has 8 nitrogen and oxygen atoms in total. The Bertz CT molecular complexity index is 1400. The zero-order valence-electron chi connectivity index (χ0n) is 23.5. The first-order valence-corrected chi connectivity index (χ1v) is 19.8. The lowest BCUT2D eigenvalue weighted by molar-refractivity contribution is -0.152. The van der Waals surface area contributed by atoms with Crippen LogP contribution in [0.2, 0.25) is 0 Å². The number of benzene rings is 1. The molecule has 0 amide bonds. The largest absolute Gasteiger partial charge is 0.748 e. The average molecular weight is 625 g/mol. The van der Waals surface area contributed by atoms with Crippen LogP contribution in [0.1, 0.15) is 75.3 Å². The van der Waals surface area contributed by atoms with E-state index in [1.165, 1.54) is 43.6 Å². The van der Waals surface area contributed by atoms with Gasteiger partial charge in [0.25, 0.3) is 10.1 Å². The molecule has 5 unspecified atom stereocenters. The minimum atomic E-state index is -4.70. The fourth-order valence-corrected chi connectivity index (χ4v) is 14.8. The highest BCUT2D eigenvalue weighted by Gasteiger charge is 2.65. The van der Waals surface area contributed by atoms with Gasteiger partial charge in [0.2, 0.25) is 0 Å². The second kappa shape index (κ2) is 10.2. The maximum atomic E-state index is 11.6. The summed E-state index contributed by atoms with van der Waals surface area (Å²) >= 11 is 0. The molecule has 2 heterocycles. The van der Waals surface area contributed by atoms with Gasteiger partial charge >= 0.3 is 5.97 Å². The topological polar surface area (TPSA) is 127 Å². The van der Waals surface area contributed by atoms with Crippen molar-refractivity contribution >= 4 is 37.1 Å². The van der Waals surface area contributed by atoms with Gasteiger partial charge in [-0.1, -0.05) is 12.1 Å². The second-order valence-corrected chi connectivity index (χ2v) is 19.4. The molecule has 6 bridgehead atoms. The number of esters is 1. The van der Waals surface area contributed by atoms with Crippen LogP contribution in [0.4, 0.5) is 0 Å². The minimum absolute atomic E-state index is 0.143. The number of hydrogen-bond donors (Lipinski definition) is 0. The molecular formula is C30H40O8S3. The number of rotatable bonds is 5. The van der Waals surface area contributed by atoms with Crippen LogP contribution in [0.3, 0.4) is 0 Å². The zero-order valence-corrected chi connectivity index (χ0v) is 26.0. The molecule has 6 aliphatic carbocycles. The second-order valence-electron chi connectivity index (χ2n) is 13.9. The first kappa shape index (κ1) is 28.6. The van der Waals surface area contributed by atoms with E-state index in [1.54, 1.807) is 35.3 Å². The smallest absolute Gasteiger partial charge is 0.320 e. The fourth-order valence-electron chi connectivity index (χ4n) is 9.95. The predicted molar refractivity (Wildman–Crippen MR) is 154 cm³/mol. The summed E-state index contributed by atoms with van der Waals surface area (Å²) in [7, 11) is -7.73. The molecule has 2 aliphatic heterocycles. The Kier molecular flexibility index (Phi) is 7.13. The van der Waals surface area contributed by atoms with E-state index >= 15 is 0 Å². The summed E-state index contributed by atoms with van der Waals surface area (Å²) in [6.45, 7) is 2.35. The maximum absolute atomic E-state index is 11.6. The zero-order chi connectivity index (χ0) is 28.7. The number of ether oxygens (including phenoxy) is 1. The van der Waals surface area contributed by atoms with Gasteiger partial charge in [-0.25, -0.2) is 8.42 Å². The molecule has 0 spiro atoms. The van der Waals surface area contributed by atoms with Crippen LogP contribution in [0.15, 0.2) is 23.1 Å². The third kappa shape index (κ3) is 5.29. The van der Waals surface area contributed by atoms with Crippen molar-refractivity contribution in [1.29, 1.82) is 0 Å². The van der Waals surface area contributed by atoms with Crippen LogP contribution < -0.4 is 0 Å². The normalized spacial score (nSPS) is 41.4. The molecule has 1 aromatic carbocycles. The van der Waals surface area contributed by atoms with Crippen LogP contribution in [0.25, 0.3) is 0 Å². The Labute approximate surface area is 246 Å². The highest BCUT2D eigenvalue weighted by atomic mass is 32.2. The summed E-state index contributed by atoms with van der Waals surface area (Å²) in [5, 5.41) is -0.541. The van der Waals surface area contributed by atoms with Crippen molar-refractivity contribution in [2.75, 3.05) is 17.3 Å². The van der Waals surface area contributed by atoms with Crippen molar-refractivity contribution in [2.24, 2.45) is 29.6 Å². The van der Waals surface area contributed by atoms with Gasteiger partial charge in [-0.05, 0) is 106 Å². The van der Waals surface area contributed by atoms with Gasteiger partial charge in [0.15, 0.2) is 4.90 Å². The summed E-state index contributed by atoms with van der Waals surface area (Å²) in [6.07, 6.45) is 11.6. The van der Waals surface area contributed by atoms with Gasteiger partial charge in [0.1, 0.15) is 39.6 Å². The van der Waals surface area contributed by atoms with E-state index in [0.29, 0.717) is 29.2 Å². The van der Waals surface area contributed by atoms with Crippen LogP contribution >= 0.6 is 0 Å². The molecule has 0 radical (unpaired) electrons. The number of carbonyl (C=O) groups is 1. The molecule has 8 fully saturated rings. The molecule has 8 aliphatic rings. The minimum Gasteiger partial charge on any atom is -0.748 e. The first-order chi connectivity index (χ1) is 19.4. The van der Waals surface area contributed by atoms with Crippen molar-refractivity contribution in [3.05, 3.63) is 29.3 Å². The monoisotopic (exact) mass is 624 g/mol. The number of fused-ring (bicyclic) bond motifs is 1. The molecule has 2 saturated heterocycles. The lowest BCUT2D eigenvalue weighted by atomic mass is 9.48. The van der Waals surface area contributed by atoms with E-state index in [1.807, 2.05) is 0 Å². The Balaban J connectivity index is 0.000000136. The van der Waals surface area contributed by atoms with Gasteiger partial charge < -0.3 is 9.29 Å². The Hall–Kier alpha value is -1.14. The van der Waals surface area contributed by atoms with Gasteiger partial charge in [0.05, 0.1) is 5.25 Å². The van der Waals surface area contributed by atoms with Crippen molar-refractivity contribution in [3.63, 3.8) is 0 Å². The lowest BCUT2D eigenvalue weighted by Gasteiger charge is -2.57. The van der Waals surface area contributed by atoms with Gasteiger partial charge in [0, 0.05) is 28.3 Å². The van der Waals surface area contributed by atoms with E-state index in [-0.39, 0.29) is 11.8 Å². The number of carbonyl (C=O) groups excluding carboxylic acids is 1. The molecule has 6 saturated carbocycles. The number of aryl methyl sites for hydroxylation is 1. The molecule has 1 aromatic rings. The predicted octanol–water partition coefficient (Wildman–Crippen LogP) is 3.81. The third-order valence-corrected chi connectivity index (χ3v) is 16.1. The number of hydrogen-bond acceptors (Lipinski definition) is 8. The average Bonchev–Trinajstić information content (AvgIpc) is 3.63. The van der Waals surface area contributed by atoms with E-state index in [2.05, 4.69) is 25.1 Å². The molecule has 226 valence electrons. The van der Waals surface area contributed by atoms with Crippen molar-refractivity contribution in [1.82, 2.24) is 0 Å². The standard InChI is InChI=1S/C21H29S.C9H12O8S2/c1-15-4-5-19(11-20(15)22-6-2-3-7-22)21-12-16-8-17(13-21)10-18(9-16)14-21;10-7(3-18(11,12)13)16-8-4-1-5-6(2-4)19(14,15)17-9(5)8/h4-5,11,16-18H,2-3,6-10,12-14H2,1H3;4-6,8-9H,1-3H2,(H,11,12,13)/q+1;/p-1. The molecule has 11 heteroatoms. The Morgan fingerprint density at radius 2 is 1.68 bits per heavy atom. The quantitative estimate of drug-likeness (QED) is 0.210. The summed E-state index contributed by atoms with van der Waals surface area (Å²) in [5.41, 5.74) is 3.89. The van der Waals surface area contributed by atoms with E-state index in [0.717, 1.165) is 17.8 Å². The van der Waals surface area contributed by atoms with Crippen molar-refractivity contribution in [3.8, 4) is 0 Å². The van der Waals surface area contributed by atoms with Gasteiger partial charge in [-0.3, -0.25) is 8.98 Å². The highest BCUT2D eigenvalue weighted by Crippen LogP contribution is 2.61. The Morgan fingerprint density at radius 3 is 2.29 bits per heavy atom. The third-order valence-electron chi connectivity index (χ3n) is 11.2. The molecule has 0 N–H and O–H groups in total. The van der Waals surface area contributed by atoms with Crippen molar-refractivity contribution < 1.29 is 35.1 Å². The van der Waals surface area contributed by atoms with Crippen LogP contribution in [-0.2, 0) is 50.3 Å². The molecule has 5 atom stereocenters. The van der Waals surface area contributed by atoms with Crippen LogP contribution in [-0.4, -0.2) is 62.1 Å². The highest BCUT2D eigenvalue weighted by molar-refractivity contribution is 7.97. The summed E-state index contributed by atoms with van der Waals surface area (Å²) in [4.78, 5) is 13.1. The van der Waals surface area contributed by atoms with Gasteiger partial charge in [-0.15, -0.1) is 0 Å². The molecule has 9 rings (SSSR count). The molecule has 0 aromatic heterocycles. The van der Waals surface area contributed by atoms with E-state index in [9.17, 15) is 26.2 Å². The first-order valence-electron chi connectivity index (χ1n) is 15.2. The van der Waals surface area contributed by atoms with Crippen LogP contribution in [0, 0.1) is 36.5 Å². The molecule has 41 heavy (non-hydrogen) atoms. The molecular weight excluding hydrogens is 585 g/mol. The summed E-state index contributed by atoms with van der Waals surface area (Å²) in [5.74, 6) is 3.36.